The van der Waals surface area contributed by atoms with Gasteiger partial charge in [0.15, 0.2) is 0 Å². The zero-order valence-corrected chi connectivity index (χ0v) is 18.4. The lowest BCUT2D eigenvalue weighted by Crippen LogP contribution is -2.23. The predicted molar refractivity (Wildman–Crippen MR) is 119 cm³/mol. The maximum atomic E-state index is 11.9. The molecule has 3 atom stereocenters. The summed E-state index contributed by atoms with van der Waals surface area (Å²) in [6.45, 7) is 8.07. The fraction of sp³-hybridized carbons (Fsp3) is 0.583. The van der Waals surface area contributed by atoms with Crippen LogP contribution in [0.3, 0.4) is 0 Å². The van der Waals surface area contributed by atoms with E-state index in [0.717, 1.165) is 12.1 Å². The second-order valence-electron chi connectivity index (χ2n) is 7.03. The predicted octanol–water partition coefficient (Wildman–Crippen LogP) is 4.77. The number of halogens is 1. The van der Waals surface area contributed by atoms with Crippen LogP contribution in [0.4, 0.5) is 4.39 Å². The number of allylic oxidation sites excluding steroid dienone is 7. The molecule has 0 aromatic carbocycles. The van der Waals surface area contributed by atoms with Gasteiger partial charge in [0.25, 0.3) is 0 Å². The molecule has 1 N–H and O–H groups in total. The van der Waals surface area contributed by atoms with E-state index in [1.807, 2.05) is 7.05 Å². The van der Waals surface area contributed by atoms with Crippen molar-refractivity contribution in [3.8, 4) is 0 Å². The summed E-state index contributed by atoms with van der Waals surface area (Å²) >= 11 is 0. The molecule has 1 rings (SSSR count). The Hall–Kier alpha value is -1.69. The quantitative estimate of drug-likeness (QED) is 0.314. The molecule has 0 heterocycles. The average molecular weight is 408 g/mol. The summed E-state index contributed by atoms with van der Waals surface area (Å²) in [5, 5.41) is 3.20. The van der Waals surface area contributed by atoms with Gasteiger partial charge in [0.2, 0.25) is 0 Å². The Morgan fingerprint density at radius 2 is 1.90 bits per heavy atom. The number of alkyl halides is 1. The molecule has 0 amide bonds. The summed E-state index contributed by atoms with van der Waals surface area (Å²) in [6.07, 6.45) is 18.4. The molecule has 5 heteroatoms. The van der Waals surface area contributed by atoms with Gasteiger partial charge in [0.1, 0.15) is 6.67 Å². The highest BCUT2D eigenvalue weighted by atomic mass is 19.1. The van der Waals surface area contributed by atoms with Crippen molar-refractivity contribution >= 4 is 0 Å². The van der Waals surface area contributed by atoms with E-state index in [0.29, 0.717) is 38.3 Å². The Bertz CT molecular complexity index is 581. The summed E-state index contributed by atoms with van der Waals surface area (Å²) in [5.41, 5.74) is 2.35. The van der Waals surface area contributed by atoms with Crippen molar-refractivity contribution in [2.75, 3.05) is 46.8 Å². The van der Waals surface area contributed by atoms with E-state index in [9.17, 15) is 4.39 Å². The molecule has 0 aromatic rings. The van der Waals surface area contributed by atoms with Crippen LogP contribution in [0.15, 0.2) is 59.9 Å². The number of hydrogen-bond acceptors (Lipinski definition) is 4. The summed E-state index contributed by atoms with van der Waals surface area (Å²) in [6, 6.07) is 0. The van der Waals surface area contributed by atoms with Gasteiger partial charge >= 0.3 is 0 Å². The number of hydrogen-bond donors (Lipinski definition) is 1. The molecule has 1 aliphatic carbocycles. The van der Waals surface area contributed by atoms with Gasteiger partial charge in [-0.2, -0.15) is 0 Å². The molecular formula is C24H38FNO3. The Morgan fingerprint density at radius 3 is 2.55 bits per heavy atom. The molecule has 0 fully saturated rings. The zero-order valence-electron chi connectivity index (χ0n) is 18.4. The Morgan fingerprint density at radius 1 is 1.17 bits per heavy atom. The lowest BCUT2D eigenvalue weighted by Gasteiger charge is -2.22. The molecule has 0 spiro atoms. The first-order chi connectivity index (χ1) is 14.1. The molecule has 0 bridgehead atoms. The topological polar surface area (TPSA) is 39.7 Å². The van der Waals surface area contributed by atoms with Gasteiger partial charge < -0.3 is 19.5 Å². The molecule has 4 nitrogen and oxygen atoms in total. The Kier molecular flexibility index (Phi) is 14.1. The van der Waals surface area contributed by atoms with E-state index in [1.165, 1.54) is 5.57 Å². The van der Waals surface area contributed by atoms with Crippen LogP contribution in [-0.4, -0.2) is 52.9 Å². The van der Waals surface area contributed by atoms with Crippen molar-refractivity contribution < 1.29 is 18.6 Å². The Labute approximate surface area is 176 Å². The van der Waals surface area contributed by atoms with Gasteiger partial charge in [-0.05, 0) is 24.0 Å². The maximum absolute atomic E-state index is 11.9. The molecule has 0 radical (unpaired) electrons. The highest BCUT2D eigenvalue weighted by molar-refractivity contribution is 5.36. The minimum absolute atomic E-state index is 0.0632. The minimum atomic E-state index is -0.455. The molecular weight excluding hydrogens is 369 g/mol. The van der Waals surface area contributed by atoms with E-state index >= 15 is 0 Å². The number of rotatable bonds is 15. The van der Waals surface area contributed by atoms with Crippen LogP contribution in [0, 0.1) is 11.8 Å². The summed E-state index contributed by atoms with van der Waals surface area (Å²) in [7, 11) is 1.94. The standard InChI is InChI=1S/C24H38FNO3/c1-5-6-23(26-4)11-8-20(2)7-9-22-10-12-24(21(3)19-22)29-18-17-28-16-15-27-14-13-25/h6-12,19-21,24,26H,5,13-18H2,1-4H3/b9-7+,11-8-,23-6+. The van der Waals surface area contributed by atoms with Crippen LogP contribution in [0.2, 0.25) is 0 Å². The van der Waals surface area contributed by atoms with Crippen LogP contribution in [0.5, 0.6) is 0 Å². The third-order valence-electron chi connectivity index (χ3n) is 4.47. The highest BCUT2D eigenvalue weighted by Gasteiger charge is 2.16. The maximum Gasteiger partial charge on any atom is 0.113 e. The molecule has 164 valence electrons. The largest absolute Gasteiger partial charge is 0.388 e. The second kappa shape index (κ2) is 16.1. The lowest BCUT2D eigenvalue weighted by atomic mass is 9.94. The van der Waals surface area contributed by atoms with Crippen molar-refractivity contribution in [2.45, 2.75) is 33.3 Å². The van der Waals surface area contributed by atoms with Crippen LogP contribution >= 0.6 is 0 Å². The van der Waals surface area contributed by atoms with Crippen LogP contribution < -0.4 is 5.32 Å². The average Bonchev–Trinajstić information content (AvgIpc) is 2.72. The van der Waals surface area contributed by atoms with E-state index in [-0.39, 0.29) is 12.7 Å². The third kappa shape index (κ3) is 11.8. The smallest absolute Gasteiger partial charge is 0.113 e. The zero-order chi connectivity index (χ0) is 21.3. The van der Waals surface area contributed by atoms with E-state index in [4.69, 9.17) is 14.2 Å². The van der Waals surface area contributed by atoms with Crippen molar-refractivity contribution in [3.05, 3.63) is 59.9 Å². The van der Waals surface area contributed by atoms with Crippen molar-refractivity contribution in [3.63, 3.8) is 0 Å². The molecule has 0 saturated heterocycles. The van der Waals surface area contributed by atoms with Crippen molar-refractivity contribution in [1.82, 2.24) is 5.32 Å². The summed E-state index contributed by atoms with van der Waals surface area (Å²) in [5.74, 6) is 0.662. The monoisotopic (exact) mass is 407 g/mol. The summed E-state index contributed by atoms with van der Waals surface area (Å²) in [4.78, 5) is 0. The van der Waals surface area contributed by atoms with E-state index < -0.39 is 6.67 Å². The van der Waals surface area contributed by atoms with Crippen molar-refractivity contribution in [1.29, 1.82) is 0 Å². The first-order valence-electron chi connectivity index (χ1n) is 10.6. The van der Waals surface area contributed by atoms with Crippen LogP contribution in [-0.2, 0) is 14.2 Å². The lowest BCUT2D eigenvalue weighted by molar-refractivity contribution is -0.00831. The molecule has 3 unspecified atom stereocenters. The van der Waals surface area contributed by atoms with Crippen LogP contribution in [0.25, 0.3) is 0 Å². The van der Waals surface area contributed by atoms with Gasteiger partial charge in [0, 0.05) is 18.7 Å². The van der Waals surface area contributed by atoms with E-state index in [2.05, 4.69) is 74.7 Å². The molecule has 0 aromatic heterocycles. The first kappa shape index (κ1) is 25.3. The van der Waals surface area contributed by atoms with Gasteiger partial charge in [-0.1, -0.05) is 63.3 Å². The fourth-order valence-electron chi connectivity index (χ4n) is 2.83. The Balaban J connectivity index is 2.32. The summed E-state index contributed by atoms with van der Waals surface area (Å²) < 4.78 is 28.2. The fourth-order valence-corrected chi connectivity index (χ4v) is 2.83. The van der Waals surface area contributed by atoms with E-state index in [1.54, 1.807) is 0 Å². The molecule has 0 aliphatic heterocycles. The SMILES string of the molecule is CC/C=C(\C=C/C(C)/C=C/C1=CC(C)C(OCCOCCOCCF)C=C1)NC. The van der Waals surface area contributed by atoms with Crippen molar-refractivity contribution in [2.24, 2.45) is 11.8 Å². The third-order valence-corrected chi connectivity index (χ3v) is 4.47. The number of likely N-dealkylation sites (N-methyl/N-ethyl adjacent to an activating group) is 1. The normalized spacial score (nSPS) is 21.1. The number of nitrogens with one attached hydrogen (secondary N) is 1. The first-order valence-corrected chi connectivity index (χ1v) is 10.6. The van der Waals surface area contributed by atoms with Gasteiger partial charge in [-0.3, -0.25) is 0 Å². The molecule has 29 heavy (non-hydrogen) atoms. The molecule has 0 saturated carbocycles. The van der Waals surface area contributed by atoms with Gasteiger partial charge in [0.05, 0.1) is 39.1 Å². The minimum Gasteiger partial charge on any atom is -0.388 e. The van der Waals surface area contributed by atoms with Gasteiger partial charge in [-0.15, -0.1) is 0 Å². The molecule has 1 aliphatic rings. The second-order valence-corrected chi connectivity index (χ2v) is 7.03. The number of ether oxygens (including phenoxy) is 3. The van der Waals surface area contributed by atoms with Crippen LogP contribution in [0.1, 0.15) is 27.2 Å². The van der Waals surface area contributed by atoms with Gasteiger partial charge in [-0.25, -0.2) is 4.39 Å². The highest BCUT2D eigenvalue weighted by Crippen LogP contribution is 2.21.